The van der Waals surface area contributed by atoms with Crippen LogP contribution in [0.5, 0.6) is 11.5 Å². The first-order valence-corrected chi connectivity index (χ1v) is 11.3. The van der Waals surface area contributed by atoms with Gasteiger partial charge in [-0.1, -0.05) is 25.4 Å². The molecule has 1 heterocycles. The summed E-state index contributed by atoms with van der Waals surface area (Å²) in [7, 11) is 0. The van der Waals surface area contributed by atoms with Crippen LogP contribution in [0.1, 0.15) is 52.4 Å². The molecule has 5 nitrogen and oxygen atoms in total. The molecule has 32 heavy (non-hydrogen) atoms. The standard InChI is InChI=1S/C24H29ClF2N2O3/c1-24(2,12-3-13-31-21-10-4-16(26)14-20(21)27)23(30)29-17-5-7-18(8-6-17)32-19-9-11-22(25)28-15-19/h4,9-11,14-15,17-18H,3,5-8,12-13H2,1-2H3,(H,29,30)/t17-,18-. The van der Waals surface area contributed by atoms with Crippen molar-refractivity contribution in [2.24, 2.45) is 5.41 Å². The van der Waals surface area contributed by atoms with Crippen molar-refractivity contribution >= 4 is 17.5 Å². The molecule has 1 amide bonds. The molecular weight excluding hydrogens is 438 g/mol. The molecule has 3 rings (SSSR count). The molecule has 0 bridgehead atoms. The molecule has 0 aliphatic heterocycles. The van der Waals surface area contributed by atoms with E-state index in [4.69, 9.17) is 21.1 Å². The number of pyridine rings is 1. The highest BCUT2D eigenvalue weighted by molar-refractivity contribution is 6.29. The van der Waals surface area contributed by atoms with Gasteiger partial charge in [-0.3, -0.25) is 4.79 Å². The number of carbonyl (C=O) groups is 1. The van der Waals surface area contributed by atoms with Gasteiger partial charge in [0.2, 0.25) is 5.91 Å². The van der Waals surface area contributed by atoms with E-state index >= 15 is 0 Å². The first-order chi connectivity index (χ1) is 15.2. The third-order valence-corrected chi connectivity index (χ3v) is 5.95. The molecule has 1 fully saturated rings. The summed E-state index contributed by atoms with van der Waals surface area (Å²) in [5, 5.41) is 3.59. The summed E-state index contributed by atoms with van der Waals surface area (Å²) in [4.78, 5) is 16.8. The molecule has 1 saturated carbocycles. The first-order valence-electron chi connectivity index (χ1n) is 10.9. The predicted molar refractivity (Wildman–Crippen MR) is 119 cm³/mol. The summed E-state index contributed by atoms with van der Waals surface area (Å²) in [6.07, 6.45) is 6.28. The molecule has 1 aliphatic carbocycles. The Hall–Kier alpha value is -2.41. The number of nitrogens with zero attached hydrogens (tertiary/aromatic N) is 1. The highest BCUT2D eigenvalue weighted by Gasteiger charge is 2.31. The van der Waals surface area contributed by atoms with Crippen molar-refractivity contribution in [1.82, 2.24) is 10.3 Å². The minimum atomic E-state index is -0.728. The Kier molecular flexibility index (Phi) is 8.29. The molecule has 8 heteroatoms. The van der Waals surface area contributed by atoms with E-state index in [9.17, 15) is 13.6 Å². The fourth-order valence-electron chi connectivity index (χ4n) is 3.73. The lowest BCUT2D eigenvalue weighted by atomic mass is 9.85. The van der Waals surface area contributed by atoms with Gasteiger partial charge in [-0.25, -0.2) is 13.8 Å². The third kappa shape index (κ3) is 7.05. The van der Waals surface area contributed by atoms with Gasteiger partial charge >= 0.3 is 0 Å². The monoisotopic (exact) mass is 466 g/mol. The smallest absolute Gasteiger partial charge is 0.225 e. The predicted octanol–water partition coefficient (Wildman–Crippen LogP) is 5.70. The molecule has 1 aromatic carbocycles. The molecule has 0 radical (unpaired) electrons. The van der Waals surface area contributed by atoms with E-state index in [2.05, 4.69) is 10.3 Å². The lowest BCUT2D eigenvalue weighted by Gasteiger charge is -2.32. The minimum Gasteiger partial charge on any atom is -0.491 e. The summed E-state index contributed by atoms with van der Waals surface area (Å²) in [6.45, 7) is 4.04. The molecule has 0 unspecified atom stereocenters. The second-order valence-electron chi connectivity index (χ2n) is 8.79. The maximum absolute atomic E-state index is 13.6. The molecule has 2 aromatic rings. The van der Waals surface area contributed by atoms with Gasteiger partial charge in [0.25, 0.3) is 0 Å². The number of hydrogen-bond acceptors (Lipinski definition) is 4. The zero-order valence-electron chi connectivity index (χ0n) is 18.4. The van der Waals surface area contributed by atoms with Crippen LogP contribution < -0.4 is 14.8 Å². The molecule has 0 saturated heterocycles. The maximum atomic E-state index is 13.6. The number of halogens is 3. The van der Waals surface area contributed by atoms with Crippen LogP contribution in [-0.4, -0.2) is 29.6 Å². The highest BCUT2D eigenvalue weighted by Crippen LogP contribution is 2.27. The Morgan fingerprint density at radius 2 is 1.94 bits per heavy atom. The van der Waals surface area contributed by atoms with Crippen molar-refractivity contribution < 1.29 is 23.0 Å². The topological polar surface area (TPSA) is 60.5 Å². The van der Waals surface area contributed by atoms with Gasteiger partial charge in [0.15, 0.2) is 11.6 Å². The van der Waals surface area contributed by atoms with Gasteiger partial charge < -0.3 is 14.8 Å². The average Bonchev–Trinajstić information content (AvgIpc) is 2.75. The summed E-state index contributed by atoms with van der Waals surface area (Å²) >= 11 is 5.80. The normalized spacial score (nSPS) is 18.8. The van der Waals surface area contributed by atoms with Crippen LogP contribution in [0.15, 0.2) is 36.5 Å². The molecule has 1 aromatic heterocycles. The van der Waals surface area contributed by atoms with Crippen LogP contribution in [0, 0.1) is 17.0 Å². The Morgan fingerprint density at radius 1 is 1.19 bits per heavy atom. The number of amides is 1. The van der Waals surface area contributed by atoms with E-state index in [1.165, 1.54) is 6.07 Å². The Labute approximate surface area is 192 Å². The maximum Gasteiger partial charge on any atom is 0.225 e. The Balaban J connectivity index is 1.37. The Bertz CT molecular complexity index is 901. The highest BCUT2D eigenvalue weighted by atomic mass is 35.5. The van der Waals surface area contributed by atoms with Crippen molar-refractivity contribution in [3.05, 3.63) is 53.3 Å². The number of carbonyl (C=O) groups excluding carboxylic acids is 1. The van der Waals surface area contributed by atoms with Crippen molar-refractivity contribution in [3.63, 3.8) is 0 Å². The number of ether oxygens (including phenoxy) is 2. The van der Waals surface area contributed by atoms with E-state index in [1.54, 1.807) is 18.3 Å². The summed E-state index contributed by atoms with van der Waals surface area (Å²) in [6, 6.07) is 6.84. The van der Waals surface area contributed by atoms with Crippen LogP contribution in [-0.2, 0) is 4.79 Å². The van der Waals surface area contributed by atoms with E-state index < -0.39 is 17.0 Å². The number of hydrogen-bond donors (Lipinski definition) is 1. The summed E-state index contributed by atoms with van der Waals surface area (Å²) in [5.74, 6) is -0.659. The quantitative estimate of drug-likeness (QED) is 0.380. The molecular formula is C24H29ClF2N2O3. The SMILES string of the molecule is CC(C)(CCCOc1ccc(F)cc1F)C(=O)N[C@H]1CC[C@H](Oc2ccc(Cl)nc2)CC1. The van der Waals surface area contributed by atoms with E-state index in [0.717, 1.165) is 37.8 Å². The van der Waals surface area contributed by atoms with Gasteiger partial charge in [-0.2, -0.15) is 0 Å². The fraction of sp³-hybridized carbons (Fsp3) is 0.500. The minimum absolute atomic E-state index is 0.00303. The van der Waals surface area contributed by atoms with Crippen molar-refractivity contribution in [1.29, 1.82) is 0 Å². The zero-order valence-corrected chi connectivity index (χ0v) is 19.1. The van der Waals surface area contributed by atoms with Gasteiger partial charge in [-0.05, 0) is 62.8 Å². The van der Waals surface area contributed by atoms with Gasteiger partial charge in [0.05, 0.1) is 18.9 Å². The number of nitrogens with one attached hydrogen (secondary N) is 1. The molecule has 1 N–H and O–H groups in total. The second kappa shape index (κ2) is 10.9. The average molecular weight is 467 g/mol. The largest absolute Gasteiger partial charge is 0.491 e. The number of rotatable bonds is 9. The van der Waals surface area contributed by atoms with Crippen molar-refractivity contribution in [2.75, 3.05) is 6.61 Å². The third-order valence-electron chi connectivity index (χ3n) is 5.72. The molecule has 174 valence electrons. The number of aromatic nitrogens is 1. The lowest BCUT2D eigenvalue weighted by Crippen LogP contribution is -2.45. The van der Waals surface area contributed by atoms with Crippen LogP contribution >= 0.6 is 11.6 Å². The van der Waals surface area contributed by atoms with Gasteiger partial charge in [0.1, 0.15) is 16.7 Å². The summed E-state index contributed by atoms with van der Waals surface area (Å²) < 4.78 is 37.9. The Morgan fingerprint density at radius 3 is 2.59 bits per heavy atom. The van der Waals surface area contributed by atoms with Crippen LogP contribution in [0.4, 0.5) is 8.78 Å². The van der Waals surface area contributed by atoms with Crippen LogP contribution in [0.3, 0.4) is 0 Å². The van der Waals surface area contributed by atoms with E-state index in [0.29, 0.717) is 23.7 Å². The van der Waals surface area contributed by atoms with Crippen LogP contribution in [0.25, 0.3) is 0 Å². The molecule has 0 atom stereocenters. The lowest BCUT2D eigenvalue weighted by molar-refractivity contribution is -0.130. The second-order valence-corrected chi connectivity index (χ2v) is 9.18. The number of benzene rings is 1. The zero-order chi connectivity index (χ0) is 23.1. The fourth-order valence-corrected chi connectivity index (χ4v) is 3.84. The van der Waals surface area contributed by atoms with Gasteiger partial charge in [0, 0.05) is 17.5 Å². The molecule has 0 spiro atoms. The van der Waals surface area contributed by atoms with Crippen molar-refractivity contribution in [3.8, 4) is 11.5 Å². The van der Waals surface area contributed by atoms with Gasteiger partial charge in [-0.15, -0.1) is 0 Å². The van der Waals surface area contributed by atoms with E-state index in [1.807, 2.05) is 13.8 Å². The first kappa shape index (κ1) is 24.2. The van der Waals surface area contributed by atoms with E-state index in [-0.39, 0.29) is 30.4 Å². The summed E-state index contributed by atoms with van der Waals surface area (Å²) in [5.41, 5.74) is -0.576. The van der Waals surface area contributed by atoms with Crippen molar-refractivity contribution in [2.45, 2.75) is 64.5 Å². The molecule has 1 aliphatic rings. The van der Waals surface area contributed by atoms with Crippen LogP contribution in [0.2, 0.25) is 5.15 Å².